The van der Waals surface area contributed by atoms with Crippen LogP contribution in [0.3, 0.4) is 0 Å². The fourth-order valence-corrected chi connectivity index (χ4v) is 5.95. The van der Waals surface area contributed by atoms with Gasteiger partial charge in [-0.05, 0) is 62.8 Å². The number of para-hydroxylation sites is 1. The first-order valence-corrected chi connectivity index (χ1v) is 12.7. The molecule has 0 radical (unpaired) electrons. The number of benzene rings is 2. The fraction of sp³-hybridized carbons (Fsp3) is 0.458. The minimum absolute atomic E-state index is 0.0599. The number of ether oxygens (including phenoxy) is 1. The van der Waals surface area contributed by atoms with Gasteiger partial charge in [0.1, 0.15) is 11.5 Å². The number of nitrogens with zero attached hydrogens (tertiary/aromatic N) is 1. The molecule has 1 heterocycles. The van der Waals surface area contributed by atoms with Crippen LogP contribution < -0.4 is 10.1 Å². The van der Waals surface area contributed by atoms with E-state index >= 15 is 0 Å². The number of nitrogens with one attached hydrogen (secondary N) is 1. The van der Waals surface area contributed by atoms with Crippen molar-refractivity contribution in [1.29, 1.82) is 0 Å². The van der Waals surface area contributed by atoms with Gasteiger partial charge in [-0.2, -0.15) is 4.31 Å². The minimum Gasteiger partial charge on any atom is -0.457 e. The van der Waals surface area contributed by atoms with E-state index in [2.05, 4.69) is 5.32 Å². The molecular weight excluding hydrogens is 428 g/mol. The Morgan fingerprint density at radius 1 is 0.969 bits per heavy atom. The second-order valence-electron chi connectivity index (χ2n) is 8.61. The smallest absolute Gasteiger partial charge is 0.243 e. The highest BCUT2D eigenvalue weighted by Gasteiger charge is 2.34. The van der Waals surface area contributed by atoms with Crippen LogP contribution in [-0.4, -0.2) is 49.0 Å². The highest BCUT2D eigenvalue weighted by atomic mass is 32.2. The molecule has 1 aliphatic heterocycles. The topological polar surface area (TPSA) is 95.9 Å². The second kappa shape index (κ2) is 10.0. The van der Waals surface area contributed by atoms with Crippen LogP contribution in [-0.2, 0) is 14.8 Å². The predicted molar refractivity (Wildman–Crippen MR) is 121 cm³/mol. The molecule has 0 spiro atoms. The summed E-state index contributed by atoms with van der Waals surface area (Å²) < 4.78 is 33.8. The van der Waals surface area contributed by atoms with Gasteiger partial charge >= 0.3 is 0 Å². The Balaban J connectivity index is 1.42. The van der Waals surface area contributed by atoms with Crippen molar-refractivity contribution in [3.05, 3.63) is 54.6 Å². The zero-order valence-corrected chi connectivity index (χ0v) is 18.8. The summed E-state index contributed by atoms with van der Waals surface area (Å²) in [7, 11) is -3.74. The Bertz CT molecular complexity index is 1020. The lowest BCUT2D eigenvalue weighted by Crippen LogP contribution is -2.48. The number of hydrogen-bond donors (Lipinski definition) is 2. The van der Waals surface area contributed by atoms with Crippen molar-refractivity contribution in [2.24, 2.45) is 5.92 Å². The van der Waals surface area contributed by atoms with E-state index in [1.807, 2.05) is 30.3 Å². The summed E-state index contributed by atoms with van der Waals surface area (Å²) in [6, 6.07) is 15.7. The van der Waals surface area contributed by atoms with Crippen molar-refractivity contribution in [3.8, 4) is 11.5 Å². The normalized spacial score (nSPS) is 24.6. The molecule has 2 aromatic rings. The van der Waals surface area contributed by atoms with Gasteiger partial charge in [-0.1, -0.05) is 24.3 Å². The summed E-state index contributed by atoms with van der Waals surface area (Å²) in [5.41, 5.74) is 0. The van der Waals surface area contributed by atoms with Gasteiger partial charge in [-0.3, -0.25) is 4.79 Å². The molecule has 0 aromatic heterocycles. The molecule has 1 aliphatic carbocycles. The maximum absolute atomic E-state index is 13.3. The third-order valence-corrected chi connectivity index (χ3v) is 8.08. The molecule has 2 N–H and O–H groups in total. The Hall–Kier alpha value is -2.42. The number of rotatable bonds is 6. The average Bonchev–Trinajstić information content (AvgIpc) is 2.81. The SMILES string of the molecule is O=C(NC1CCC(O)CC1)[C@H]1CCCN(S(=O)(=O)c2cccc(Oc3ccccc3)c2)C1. The molecule has 1 atom stereocenters. The van der Waals surface area contributed by atoms with Gasteiger partial charge in [-0.25, -0.2) is 8.42 Å². The molecule has 0 bridgehead atoms. The van der Waals surface area contributed by atoms with Crippen molar-refractivity contribution < 1.29 is 23.1 Å². The number of aliphatic hydroxyl groups is 1. The van der Waals surface area contributed by atoms with Crippen LogP contribution in [0.5, 0.6) is 11.5 Å². The van der Waals surface area contributed by atoms with Gasteiger partial charge in [0, 0.05) is 25.2 Å². The zero-order valence-electron chi connectivity index (χ0n) is 18.0. The maximum Gasteiger partial charge on any atom is 0.243 e. The Labute approximate surface area is 189 Å². The van der Waals surface area contributed by atoms with Crippen molar-refractivity contribution in [1.82, 2.24) is 9.62 Å². The summed E-state index contributed by atoms with van der Waals surface area (Å²) >= 11 is 0. The number of sulfonamides is 1. The van der Waals surface area contributed by atoms with Crippen LogP contribution >= 0.6 is 0 Å². The summed E-state index contributed by atoms with van der Waals surface area (Å²) in [5.74, 6) is 0.622. The molecule has 32 heavy (non-hydrogen) atoms. The molecule has 2 fully saturated rings. The Kier molecular flexibility index (Phi) is 7.13. The first-order valence-electron chi connectivity index (χ1n) is 11.2. The van der Waals surface area contributed by atoms with Gasteiger partial charge in [0.2, 0.25) is 15.9 Å². The highest BCUT2D eigenvalue weighted by molar-refractivity contribution is 7.89. The molecule has 7 nitrogen and oxygen atoms in total. The molecule has 1 amide bonds. The lowest BCUT2D eigenvalue weighted by Gasteiger charge is -2.33. The third kappa shape index (κ3) is 5.49. The van der Waals surface area contributed by atoms with Crippen LogP contribution in [0.4, 0.5) is 0 Å². The Morgan fingerprint density at radius 3 is 2.44 bits per heavy atom. The van der Waals surface area contributed by atoms with E-state index in [9.17, 15) is 18.3 Å². The van der Waals surface area contributed by atoms with E-state index in [0.717, 1.165) is 12.8 Å². The Morgan fingerprint density at radius 2 is 1.69 bits per heavy atom. The molecule has 1 saturated carbocycles. The number of carbonyl (C=O) groups excluding carboxylic acids is 1. The van der Waals surface area contributed by atoms with Gasteiger partial charge in [0.15, 0.2) is 0 Å². The minimum atomic E-state index is -3.74. The number of carbonyl (C=O) groups is 1. The molecule has 2 aliphatic rings. The van der Waals surface area contributed by atoms with E-state index < -0.39 is 10.0 Å². The molecule has 4 rings (SSSR count). The molecular formula is C24H30N2O5S. The van der Waals surface area contributed by atoms with Crippen molar-refractivity contribution in [3.63, 3.8) is 0 Å². The van der Waals surface area contributed by atoms with Crippen molar-refractivity contribution >= 4 is 15.9 Å². The van der Waals surface area contributed by atoms with Crippen molar-refractivity contribution in [2.75, 3.05) is 13.1 Å². The van der Waals surface area contributed by atoms with Crippen LogP contribution in [0.1, 0.15) is 38.5 Å². The largest absolute Gasteiger partial charge is 0.457 e. The molecule has 172 valence electrons. The molecule has 8 heteroatoms. The van der Waals surface area contributed by atoms with E-state index in [4.69, 9.17) is 4.74 Å². The molecule has 0 unspecified atom stereocenters. The second-order valence-corrected chi connectivity index (χ2v) is 10.5. The lowest BCUT2D eigenvalue weighted by atomic mass is 9.92. The first kappa shape index (κ1) is 22.8. The number of aliphatic hydroxyl groups excluding tert-OH is 1. The van der Waals surface area contributed by atoms with E-state index in [0.29, 0.717) is 43.7 Å². The lowest BCUT2D eigenvalue weighted by molar-refractivity contribution is -0.127. The van der Waals surface area contributed by atoms with E-state index in [1.165, 1.54) is 10.4 Å². The summed E-state index contributed by atoms with van der Waals surface area (Å²) in [4.78, 5) is 13.0. The van der Waals surface area contributed by atoms with Crippen LogP contribution in [0, 0.1) is 5.92 Å². The third-order valence-electron chi connectivity index (χ3n) is 6.22. The fourth-order valence-electron chi connectivity index (χ4n) is 4.39. The van der Waals surface area contributed by atoms with Gasteiger partial charge in [-0.15, -0.1) is 0 Å². The highest BCUT2D eigenvalue weighted by Crippen LogP contribution is 2.28. The average molecular weight is 459 g/mol. The standard InChI is InChI=1S/C24H30N2O5S/c27-20-13-11-19(12-14-20)25-24(28)18-6-5-15-26(17-18)32(29,30)23-10-4-9-22(16-23)31-21-7-2-1-3-8-21/h1-4,7-10,16,18-20,27H,5-6,11-15,17H2,(H,25,28)/t18-,19?,20?/m0/s1. The maximum atomic E-state index is 13.3. The summed E-state index contributed by atoms with van der Waals surface area (Å²) in [5, 5.41) is 12.7. The first-order chi connectivity index (χ1) is 15.4. The molecule has 2 aromatic carbocycles. The van der Waals surface area contributed by atoms with Crippen molar-refractivity contribution in [2.45, 2.75) is 55.6 Å². The number of piperidine rings is 1. The predicted octanol–water partition coefficient (Wildman–Crippen LogP) is 3.30. The van der Waals surface area contributed by atoms with Crippen LogP contribution in [0.2, 0.25) is 0 Å². The van der Waals surface area contributed by atoms with E-state index in [1.54, 1.807) is 18.2 Å². The van der Waals surface area contributed by atoms with Gasteiger partial charge in [0.25, 0.3) is 0 Å². The van der Waals surface area contributed by atoms with E-state index in [-0.39, 0.29) is 35.4 Å². The molecule has 1 saturated heterocycles. The summed E-state index contributed by atoms with van der Waals surface area (Å²) in [6.45, 7) is 0.568. The van der Waals surface area contributed by atoms with Gasteiger partial charge < -0.3 is 15.2 Å². The quantitative estimate of drug-likeness (QED) is 0.693. The zero-order chi connectivity index (χ0) is 22.6. The van der Waals surface area contributed by atoms with Crippen LogP contribution in [0.25, 0.3) is 0 Å². The summed E-state index contributed by atoms with van der Waals surface area (Å²) in [6.07, 6.45) is 3.94. The van der Waals surface area contributed by atoms with Gasteiger partial charge in [0.05, 0.1) is 16.9 Å². The monoisotopic (exact) mass is 458 g/mol. The number of hydrogen-bond acceptors (Lipinski definition) is 5. The van der Waals surface area contributed by atoms with Crippen LogP contribution in [0.15, 0.2) is 59.5 Å². The number of amides is 1.